The fourth-order valence-corrected chi connectivity index (χ4v) is 2.36. The summed E-state index contributed by atoms with van der Waals surface area (Å²) in [7, 11) is 0. The molecule has 0 heterocycles. The first kappa shape index (κ1) is 10.6. The van der Waals surface area contributed by atoms with E-state index in [1.807, 2.05) is 19.1 Å². The van der Waals surface area contributed by atoms with E-state index in [1.54, 1.807) is 6.07 Å². The van der Waals surface area contributed by atoms with Gasteiger partial charge in [0.15, 0.2) is 0 Å². The highest BCUT2D eigenvalue weighted by Gasteiger charge is 2.18. The molecule has 2 heteroatoms. The molecule has 0 spiro atoms. The molecule has 0 bridgehead atoms. The lowest BCUT2D eigenvalue weighted by Crippen LogP contribution is -2.29. The molecular formula is C13H18FN. The van der Waals surface area contributed by atoms with Gasteiger partial charge in [0.25, 0.3) is 0 Å². The summed E-state index contributed by atoms with van der Waals surface area (Å²) >= 11 is 0. The highest BCUT2D eigenvalue weighted by Crippen LogP contribution is 2.23. The Morgan fingerprint density at radius 2 is 1.93 bits per heavy atom. The van der Waals surface area contributed by atoms with Crippen molar-refractivity contribution >= 4 is 0 Å². The largest absolute Gasteiger partial charge is 0.307 e. The van der Waals surface area contributed by atoms with Gasteiger partial charge in [0, 0.05) is 17.6 Å². The summed E-state index contributed by atoms with van der Waals surface area (Å²) in [5.74, 6) is -0.101. The third-order valence-corrected chi connectivity index (χ3v) is 3.21. The summed E-state index contributed by atoms with van der Waals surface area (Å²) in [5, 5.41) is 3.50. The van der Waals surface area contributed by atoms with Crippen molar-refractivity contribution in [3.63, 3.8) is 0 Å². The lowest BCUT2D eigenvalue weighted by Gasteiger charge is -2.19. The molecule has 1 nitrogen and oxygen atoms in total. The fraction of sp³-hybridized carbons (Fsp3) is 0.538. The molecule has 1 fully saturated rings. The van der Waals surface area contributed by atoms with Crippen LogP contribution in [0.25, 0.3) is 0 Å². The Hall–Kier alpha value is -0.890. The predicted octanol–water partition coefficient (Wildman–Crippen LogP) is 3.42. The molecule has 2 rings (SSSR count). The fourth-order valence-electron chi connectivity index (χ4n) is 2.36. The standard InChI is InChI=1S/C13H18FN/c1-10(15-11-6-2-3-7-11)12-8-4-5-9-13(12)14/h4-5,8-11,15H,2-3,6-7H2,1H3. The quantitative estimate of drug-likeness (QED) is 0.800. The van der Waals surface area contributed by atoms with Gasteiger partial charge in [-0.05, 0) is 25.8 Å². The lowest BCUT2D eigenvalue weighted by molar-refractivity contribution is 0.447. The van der Waals surface area contributed by atoms with Gasteiger partial charge < -0.3 is 5.32 Å². The minimum absolute atomic E-state index is 0.101. The van der Waals surface area contributed by atoms with Crippen LogP contribution < -0.4 is 5.32 Å². The second kappa shape index (κ2) is 4.75. The molecule has 15 heavy (non-hydrogen) atoms. The van der Waals surface area contributed by atoms with Crippen molar-refractivity contribution in [2.24, 2.45) is 0 Å². The molecule has 0 saturated heterocycles. The Labute approximate surface area is 90.7 Å². The van der Waals surface area contributed by atoms with Gasteiger partial charge in [0.05, 0.1) is 0 Å². The zero-order valence-electron chi connectivity index (χ0n) is 9.17. The van der Waals surface area contributed by atoms with Crippen LogP contribution in [0.4, 0.5) is 4.39 Å². The van der Waals surface area contributed by atoms with Gasteiger partial charge in [-0.15, -0.1) is 0 Å². The van der Waals surface area contributed by atoms with E-state index in [0.29, 0.717) is 6.04 Å². The number of rotatable bonds is 3. The Balaban J connectivity index is 2.00. The molecule has 0 aromatic heterocycles. The molecule has 1 saturated carbocycles. The first-order chi connectivity index (χ1) is 7.27. The minimum Gasteiger partial charge on any atom is -0.307 e. The zero-order chi connectivity index (χ0) is 10.7. The van der Waals surface area contributed by atoms with Gasteiger partial charge >= 0.3 is 0 Å². The van der Waals surface area contributed by atoms with Gasteiger partial charge in [-0.2, -0.15) is 0 Å². The van der Waals surface area contributed by atoms with Crippen molar-refractivity contribution in [3.05, 3.63) is 35.6 Å². The zero-order valence-corrected chi connectivity index (χ0v) is 9.17. The van der Waals surface area contributed by atoms with Crippen molar-refractivity contribution in [1.29, 1.82) is 0 Å². The molecular weight excluding hydrogens is 189 g/mol. The predicted molar refractivity (Wildman–Crippen MR) is 60.2 cm³/mol. The Kier molecular flexibility index (Phi) is 3.37. The van der Waals surface area contributed by atoms with Crippen molar-refractivity contribution in [2.75, 3.05) is 0 Å². The Morgan fingerprint density at radius 1 is 1.27 bits per heavy atom. The van der Waals surface area contributed by atoms with Gasteiger partial charge in [-0.3, -0.25) is 0 Å². The maximum atomic E-state index is 13.5. The van der Waals surface area contributed by atoms with Gasteiger partial charge in [0.2, 0.25) is 0 Å². The molecule has 1 aromatic rings. The van der Waals surface area contributed by atoms with Crippen LogP contribution in [0.1, 0.15) is 44.2 Å². The van der Waals surface area contributed by atoms with E-state index in [-0.39, 0.29) is 11.9 Å². The van der Waals surface area contributed by atoms with E-state index in [9.17, 15) is 4.39 Å². The highest BCUT2D eigenvalue weighted by molar-refractivity contribution is 5.20. The second-order valence-electron chi connectivity index (χ2n) is 4.39. The molecule has 82 valence electrons. The molecule has 0 aliphatic heterocycles. The van der Waals surface area contributed by atoms with Crippen molar-refractivity contribution < 1.29 is 4.39 Å². The van der Waals surface area contributed by atoms with Gasteiger partial charge in [-0.25, -0.2) is 4.39 Å². The van der Waals surface area contributed by atoms with Crippen LogP contribution in [0.5, 0.6) is 0 Å². The van der Waals surface area contributed by atoms with Crippen molar-refractivity contribution in [2.45, 2.75) is 44.7 Å². The van der Waals surface area contributed by atoms with Crippen molar-refractivity contribution in [3.8, 4) is 0 Å². The molecule has 1 atom stereocenters. The van der Waals surface area contributed by atoms with E-state index in [4.69, 9.17) is 0 Å². The first-order valence-electron chi connectivity index (χ1n) is 5.78. The summed E-state index contributed by atoms with van der Waals surface area (Å²) in [6.45, 7) is 2.04. The monoisotopic (exact) mass is 207 g/mol. The SMILES string of the molecule is CC(NC1CCCC1)c1ccccc1F. The molecule has 0 amide bonds. The van der Waals surface area contributed by atoms with Gasteiger partial charge in [-0.1, -0.05) is 31.0 Å². The van der Waals surface area contributed by atoms with E-state index in [0.717, 1.165) is 5.56 Å². The van der Waals surface area contributed by atoms with Crippen LogP contribution in [-0.4, -0.2) is 6.04 Å². The highest BCUT2D eigenvalue weighted by atomic mass is 19.1. The number of nitrogens with one attached hydrogen (secondary N) is 1. The molecule has 1 aliphatic carbocycles. The Bertz CT molecular complexity index is 318. The third-order valence-electron chi connectivity index (χ3n) is 3.21. The number of hydrogen-bond donors (Lipinski definition) is 1. The molecule has 1 unspecified atom stereocenters. The average molecular weight is 207 g/mol. The summed E-state index contributed by atoms with van der Waals surface area (Å²) in [6.07, 6.45) is 5.08. The van der Waals surface area contributed by atoms with E-state index < -0.39 is 0 Å². The topological polar surface area (TPSA) is 12.0 Å². The summed E-state index contributed by atoms with van der Waals surface area (Å²) in [6, 6.07) is 7.73. The van der Waals surface area contributed by atoms with Crippen molar-refractivity contribution in [1.82, 2.24) is 5.32 Å². The van der Waals surface area contributed by atoms with E-state index >= 15 is 0 Å². The molecule has 1 aliphatic rings. The maximum Gasteiger partial charge on any atom is 0.127 e. The summed E-state index contributed by atoms with van der Waals surface area (Å²) in [4.78, 5) is 0. The number of halogens is 1. The first-order valence-corrected chi connectivity index (χ1v) is 5.78. The van der Waals surface area contributed by atoms with Crippen LogP contribution in [-0.2, 0) is 0 Å². The van der Waals surface area contributed by atoms with Crippen LogP contribution in [0.3, 0.4) is 0 Å². The van der Waals surface area contributed by atoms with Gasteiger partial charge in [0.1, 0.15) is 5.82 Å². The van der Waals surface area contributed by atoms with E-state index in [2.05, 4.69) is 5.32 Å². The molecule has 1 aromatic carbocycles. The number of benzene rings is 1. The van der Waals surface area contributed by atoms with Crippen LogP contribution >= 0.6 is 0 Å². The normalized spacial score (nSPS) is 19.3. The smallest absolute Gasteiger partial charge is 0.127 e. The van der Waals surface area contributed by atoms with Crippen LogP contribution in [0, 0.1) is 5.82 Å². The third kappa shape index (κ3) is 2.57. The second-order valence-corrected chi connectivity index (χ2v) is 4.39. The van der Waals surface area contributed by atoms with E-state index in [1.165, 1.54) is 31.7 Å². The Morgan fingerprint density at radius 3 is 2.60 bits per heavy atom. The summed E-state index contributed by atoms with van der Waals surface area (Å²) in [5.41, 5.74) is 0.782. The molecule has 0 radical (unpaired) electrons. The average Bonchev–Trinajstić information content (AvgIpc) is 2.71. The summed E-state index contributed by atoms with van der Waals surface area (Å²) < 4.78 is 13.5. The maximum absolute atomic E-state index is 13.5. The van der Waals surface area contributed by atoms with Crippen LogP contribution in [0.2, 0.25) is 0 Å². The number of hydrogen-bond acceptors (Lipinski definition) is 1. The minimum atomic E-state index is -0.101. The van der Waals surface area contributed by atoms with Crippen LogP contribution in [0.15, 0.2) is 24.3 Å². The molecule has 1 N–H and O–H groups in total. The lowest BCUT2D eigenvalue weighted by atomic mass is 10.1.